The summed E-state index contributed by atoms with van der Waals surface area (Å²) in [6.45, 7) is 0. The minimum atomic E-state index is -0.395. The average Bonchev–Trinajstić information content (AvgIpc) is 2.61. The topological polar surface area (TPSA) is 77.0 Å². The number of nitrogens with zero attached hydrogens (tertiary/aromatic N) is 1. The number of benzene rings is 2. The molecule has 1 N–H and O–H groups in total. The second-order valence-corrected chi connectivity index (χ2v) is 4.46. The molecular formula is C17H15N2O4-. The Labute approximate surface area is 133 Å². The van der Waals surface area contributed by atoms with E-state index in [2.05, 4.69) is 26.1 Å². The monoisotopic (exact) mass is 311 g/mol. The molecule has 0 saturated carbocycles. The molecule has 6 nitrogen and oxygen atoms in total. The summed E-state index contributed by atoms with van der Waals surface area (Å²) in [7, 11) is 2.66. The molecule has 0 heterocycles. The SMILES string of the molecule is COC(=O)c1ccc(N=[C-]Nc2ccc(C(=O)OC)cc2)cc1. The van der Waals surface area contributed by atoms with Crippen LogP contribution in [0.1, 0.15) is 20.7 Å². The van der Waals surface area contributed by atoms with E-state index < -0.39 is 5.97 Å². The number of esters is 2. The lowest BCUT2D eigenvalue weighted by molar-refractivity contribution is 0.0592. The zero-order chi connectivity index (χ0) is 16.7. The van der Waals surface area contributed by atoms with Crippen LogP contribution in [0.25, 0.3) is 0 Å². The molecule has 2 aromatic rings. The number of aliphatic imine (C=N–C) groups is 1. The highest BCUT2D eigenvalue weighted by Gasteiger charge is 2.02. The van der Waals surface area contributed by atoms with Gasteiger partial charge in [-0.15, -0.1) is 0 Å². The molecule has 0 amide bonds. The van der Waals surface area contributed by atoms with Crippen LogP contribution in [0.4, 0.5) is 11.4 Å². The molecule has 0 spiro atoms. The highest BCUT2D eigenvalue weighted by Crippen LogP contribution is 2.14. The highest BCUT2D eigenvalue weighted by molar-refractivity contribution is 5.90. The Bertz CT molecular complexity index is 706. The van der Waals surface area contributed by atoms with Crippen LogP contribution < -0.4 is 5.32 Å². The molecule has 0 aliphatic heterocycles. The number of nitrogens with one attached hydrogen (secondary N) is 1. The number of hydrogen-bond acceptors (Lipinski definition) is 5. The van der Waals surface area contributed by atoms with Crippen LogP contribution in [0.2, 0.25) is 0 Å². The second kappa shape index (κ2) is 7.74. The minimum absolute atomic E-state index is 0.389. The summed E-state index contributed by atoms with van der Waals surface area (Å²) in [6.07, 6.45) is 2.69. The van der Waals surface area contributed by atoms with E-state index in [1.165, 1.54) is 14.2 Å². The predicted octanol–water partition coefficient (Wildman–Crippen LogP) is 2.91. The zero-order valence-corrected chi connectivity index (χ0v) is 12.7. The van der Waals surface area contributed by atoms with Crippen molar-refractivity contribution in [3.63, 3.8) is 0 Å². The lowest BCUT2D eigenvalue weighted by Gasteiger charge is -2.09. The van der Waals surface area contributed by atoms with Crippen molar-refractivity contribution in [1.29, 1.82) is 0 Å². The van der Waals surface area contributed by atoms with Crippen LogP contribution in [0.15, 0.2) is 53.5 Å². The van der Waals surface area contributed by atoms with E-state index >= 15 is 0 Å². The fourth-order valence-corrected chi connectivity index (χ4v) is 1.75. The summed E-state index contributed by atoms with van der Waals surface area (Å²) in [5, 5.41) is 2.87. The van der Waals surface area contributed by atoms with E-state index in [9.17, 15) is 9.59 Å². The Balaban J connectivity index is 1.96. The molecule has 0 aliphatic rings. The molecule has 0 atom stereocenters. The summed E-state index contributed by atoms with van der Waals surface area (Å²) < 4.78 is 9.24. The molecule has 0 saturated heterocycles. The van der Waals surface area contributed by atoms with Crippen molar-refractivity contribution in [3.05, 3.63) is 59.7 Å². The third-order valence-electron chi connectivity index (χ3n) is 2.98. The molecule has 0 aliphatic carbocycles. The van der Waals surface area contributed by atoms with E-state index in [-0.39, 0.29) is 5.97 Å². The molecule has 6 heteroatoms. The molecule has 2 rings (SSSR count). The Kier molecular flexibility index (Phi) is 5.46. The molecule has 0 aromatic heterocycles. The van der Waals surface area contributed by atoms with Crippen molar-refractivity contribution in [2.45, 2.75) is 0 Å². The van der Waals surface area contributed by atoms with Gasteiger partial charge < -0.3 is 19.8 Å². The third-order valence-corrected chi connectivity index (χ3v) is 2.98. The van der Waals surface area contributed by atoms with Crippen LogP contribution in [0.3, 0.4) is 0 Å². The van der Waals surface area contributed by atoms with Crippen molar-refractivity contribution in [3.8, 4) is 0 Å². The summed E-state index contributed by atoms with van der Waals surface area (Å²) in [4.78, 5) is 26.7. The van der Waals surface area contributed by atoms with Crippen LogP contribution >= 0.6 is 0 Å². The van der Waals surface area contributed by atoms with Crippen LogP contribution in [-0.2, 0) is 9.47 Å². The van der Waals surface area contributed by atoms with E-state index in [1.807, 2.05) is 0 Å². The van der Waals surface area contributed by atoms with E-state index in [1.54, 1.807) is 48.5 Å². The molecule has 2 aromatic carbocycles. The van der Waals surface area contributed by atoms with Gasteiger partial charge >= 0.3 is 11.9 Å². The lowest BCUT2D eigenvalue weighted by atomic mass is 10.2. The number of anilines is 1. The standard InChI is InChI=1S/C17H15N2O4/c1-22-16(20)12-3-7-14(8-4-12)18-11-19-15-9-5-13(6-10-15)17(21)23-2/h3-10H,1-2H3,(H,18,19)/q-1. The van der Waals surface area contributed by atoms with Crippen molar-refractivity contribution < 1.29 is 19.1 Å². The van der Waals surface area contributed by atoms with E-state index in [0.29, 0.717) is 16.8 Å². The normalized spacial score (nSPS) is 10.3. The summed E-state index contributed by atoms with van der Waals surface area (Å²) in [5.41, 5.74) is 2.29. The van der Waals surface area contributed by atoms with Crippen molar-refractivity contribution >= 4 is 29.7 Å². The van der Waals surface area contributed by atoms with Crippen molar-refractivity contribution in [1.82, 2.24) is 0 Å². The maximum absolute atomic E-state index is 11.3. The number of rotatable bonds is 5. The Morgan fingerprint density at radius 1 is 0.870 bits per heavy atom. The highest BCUT2D eigenvalue weighted by atomic mass is 16.5. The number of hydrogen-bond donors (Lipinski definition) is 1. The summed E-state index contributed by atoms with van der Waals surface area (Å²) in [5.74, 6) is -0.784. The summed E-state index contributed by atoms with van der Waals surface area (Å²) >= 11 is 0. The molecular weight excluding hydrogens is 296 g/mol. The first-order valence-electron chi connectivity index (χ1n) is 6.72. The number of methoxy groups -OCH3 is 2. The van der Waals surface area contributed by atoms with Crippen LogP contribution in [-0.4, -0.2) is 32.5 Å². The third kappa shape index (κ3) is 4.41. The maximum Gasteiger partial charge on any atom is 0.337 e. The lowest BCUT2D eigenvalue weighted by Crippen LogP contribution is -2.01. The summed E-state index contributed by atoms with van der Waals surface area (Å²) in [6, 6.07) is 13.3. The number of carbonyl (C=O) groups excluding carboxylic acids is 2. The smallest absolute Gasteiger partial charge is 0.337 e. The van der Waals surface area contributed by atoms with E-state index in [4.69, 9.17) is 0 Å². The van der Waals surface area contributed by atoms with E-state index in [0.717, 1.165) is 5.69 Å². The largest absolute Gasteiger partial charge is 0.465 e. The van der Waals surface area contributed by atoms with Crippen LogP contribution in [0.5, 0.6) is 0 Å². The van der Waals surface area contributed by atoms with Gasteiger partial charge in [0.05, 0.1) is 25.3 Å². The Morgan fingerprint density at radius 3 is 1.83 bits per heavy atom. The van der Waals surface area contributed by atoms with Crippen molar-refractivity contribution in [2.24, 2.45) is 4.99 Å². The minimum Gasteiger partial charge on any atom is -0.465 e. The maximum atomic E-state index is 11.3. The molecule has 23 heavy (non-hydrogen) atoms. The van der Waals surface area contributed by atoms with Gasteiger partial charge in [-0.2, -0.15) is 0 Å². The Morgan fingerprint density at radius 2 is 1.35 bits per heavy atom. The van der Waals surface area contributed by atoms with Gasteiger partial charge in [0, 0.05) is 6.34 Å². The van der Waals surface area contributed by atoms with Gasteiger partial charge in [0.2, 0.25) is 0 Å². The molecule has 0 fully saturated rings. The average molecular weight is 311 g/mol. The molecule has 0 radical (unpaired) electrons. The van der Waals surface area contributed by atoms with Gasteiger partial charge in [-0.05, 0) is 5.69 Å². The fraction of sp³-hybridized carbons (Fsp3) is 0.118. The molecule has 0 unspecified atom stereocenters. The first-order chi connectivity index (χ1) is 11.1. The first-order valence-corrected chi connectivity index (χ1v) is 6.72. The van der Waals surface area contributed by atoms with Gasteiger partial charge in [0.25, 0.3) is 0 Å². The van der Waals surface area contributed by atoms with Gasteiger partial charge in [-0.3, -0.25) is 0 Å². The molecule has 0 bridgehead atoms. The Hall–Kier alpha value is -3.15. The number of carbonyl (C=O) groups is 2. The second-order valence-electron chi connectivity index (χ2n) is 4.46. The van der Waals surface area contributed by atoms with Gasteiger partial charge in [0.15, 0.2) is 0 Å². The molecule has 118 valence electrons. The van der Waals surface area contributed by atoms with Gasteiger partial charge in [0.1, 0.15) is 0 Å². The van der Waals surface area contributed by atoms with Crippen LogP contribution in [0, 0.1) is 0 Å². The predicted molar refractivity (Wildman–Crippen MR) is 86.3 cm³/mol. The van der Waals surface area contributed by atoms with Gasteiger partial charge in [-0.25, -0.2) is 9.59 Å². The fourth-order valence-electron chi connectivity index (χ4n) is 1.75. The first kappa shape index (κ1) is 16.2. The zero-order valence-electron chi connectivity index (χ0n) is 12.7. The van der Waals surface area contributed by atoms with Crippen molar-refractivity contribution in [2.75, 3.05) is 19.5 Å². The number of ether oxygens (including phenoxy) is 2. The quantitative estimate of drug-likeness (QED) is 0.302. The van der Waals surface area contributed by atoms with Gasteiger partial charge in [-0.1, -0.05) is 54.2 Å².